The summed E-state index contributed by atoms with van der Waals surface area (Å²) in [7, 11) is 0. The standard InChI is InChI=1S/C14H18N2O/c1-3-8-12(4-2)16-14(17)11-15-13-9-6-5-7-10-13/h1,5-7,9-10,12,15H,4,8,11H2,2H3,(H,16,17). The zero-order chi connectivity index (χ0) is 12.5. The molecule has 0 fully saturated rings. The molecule has 1 amide bonds. The first-order valence-electron chi connectivity index (χ1n) is 5.78. The van der Waals surface area contributed by atoms with E-state index in [1.807, 2.05) is 37.3 Å². The fourth-order valence-electron chi connectivity index (χ4n) is 1.46. The lowest BCUT2D eigenvalue weighted by Gasteiger charge is -2.14. The Morgan fingerprint density at radius 2 is 2.12 bits per heavy atom. The van der Waals surface area contributed by atoms with Crippen molar-refractivity contribution in [2.75, 3.05) is 11.9 Å². The maximum Gasteiger partial charge on any atom is 0.239 e. The van der Waals surface area contributed by atoms with Crippen LogP contribution in [0.3, 0.4) is 0 Å². The second kappa shape index (κ2) is 7.34. The molecule has 3 heteroatoms. The van der Waals surface area contributed by atoms with Crippen LogP contribution in [0.5, 0.6) is 0 Å². The third-order valence-corrected chi connectivity index (χ3v) is 2.45. The minimum Gasteiger partial charge on any atom is -0.376 e. The van der Waals surface area contributed by atoms with E-state index in [0.29, 0.717) is 6.42 Å². The summed E-state index contributed by atoms with van der Waals surface area (Å²) in [5.41, 5.74) is 0.938. The van der Waals surface area contributed by atoms with Crippen LogP contribution in [0.4, 0.5) is 5.69 Å². The number of terminal acetylenes is 1. The molecule has 0 radical (unpaired) electrons. The van der Waals surface area contributed by atoms with E-state index in [1.54, 1.807) is 0 Å². The monoisotopic (exact) mass is 230 g/mol. The van der Waals surface area contributed by atoms with Crippen molar-refractivity contribution in [1.29, 1.82) is 0 Å². The Morgan fingerprint density at radius 1 is 1.41 bits per heavy atom. The van der Waals surface area contributed by atoms with Crippen molar-refractivity contribution in [2.45, 2.75) is 25.8 Å². The fraction of sp³-hybridized carbons (Fsp3) is 0.357. The van der Waals surface area contributed by atoms with Gasteiger partial charge >= 0.3 is 0 Å². The van der Waals surface area contributed by atoms with Crippen LogP contribution < -0.4 is 10.6 Å². The van der Waals surface area contributed by atoms with E-state index in [1.165, 1.54) is 0 Å². The summed E-state index contributed by atoms with van der Waals surface area (Å²) in [6.45, 7) is 2.28. The molecule has 2 N–H and O–H groups in total. The predicted molar refractivity (Wildman–Crippen MR) is 70.6 cm³/mol. The highest BCUT2D eigenvalue weighted by Crippen LogP contribution is 2.04. The van der Waals surface area contributed by atoms with Gasteiger partial charge in [-0.25, -0.2) is 0 Å². The molecule has 3 nitrogen and oxygen atoms in total. The Hall–Kier alpha value is -1.95. The molecule has 17 heavy (non-hydrogen) atoms. The molecule has 0 heterocycles. The lowest BCUT2D eigenvalue weighted by molar-refractivity contribution is -0.120. The highest BCUT2D eigenvalue weighted by atomic mass is 16.1. The van der Waals surface area contributed by atoms with Crippen LogP contribution in [0.1, 0.15) is 19.8 Å². The molecular formula is C14H18N2O. The number of anilines is 1. The molecule has 1 rings (SSSR count). The first-order chi connectivity index (χ1) is 8.26. The zero-order valence-electron chi connectivity index (χ0n) is 10.1. The minimum absolute atomic E-state index is 0.0315. The quantitative estimate of drug-likeness (QED) is 0.734. The molecule has 0 saturated carbocycles. The fourth-order valence-corrected chi connectivity index (χ4v) is 1.46. The maximum absolute atomic E-state index is 11.6. The van der Waals surface area contributed by atoms with Crippen LogP contribution in [0, 0.1) is 12.3 Å². The molecule has 0 spiro atoms. The number of amides is 1. The molecule has 1 aromatic carbocycles. The molecule has 0 aliphatic carbocycles. The topological polar surface area (TPSA) is 41.1 Å². The van der Waals surface area contributed by atoms with E-state index in [0.717, 1.165) is 12.1 Å². The molecule has 1 atom stereocenters. The minimum atomic E-state index is -0.0315. The normalized spacial score (nSPS) is 11.3. The van der Waals surface area contributed by atoms with Crippen LogP contribution in [0.15, 0.2) is 30.3 Å². The molecule has 0 bridgehead atoms. The highest BCUT2D eigenvalue weighted by Gasteiger charge is 2.08. The average molecular weight is 230 g/mol. The van der Waals surface area contributed by atoms with Gasteiger partial charge in [0.25, 0.3) is 0 Å². The van der Waals surface area contributed by atoms with Gasteiger partial charge in [-0.05, 0) is 18.6 Å². The van der Waals surface area contributed by atoms with Crippen LogP contribution in [0.25, 0.3) is 0 Å². The molecule has 1 aromatic rings. The van der Waals surface area contributed by atoms with Crippen molar-refractivity contribution in [1.82, 2.24) is 5.32 Å². The molecule has 0 aliphatic heterocycles. The van der Waals surface area contributed by atoms with Crippen molar-refractivity contribution in [2.24, 2.45) is 0 Å². The highest BCUT2D eigenvalue weighted by molar-refractivity contribution is 5.80. The predicted octanol–water partition coefficient (Wildman–Crippen LogP) is 2.02. The Kier molecular flexibility index (Phi) is 5.67. The number of carbonyl (C=O) groups is 1. The van der Waals surface area contributed by atoms with Gasteiger partial charge in [0, 0.05) is 18.2 Å². The Balaban J connectivity index is 2.33. The summed E-state index contributed by atoms with van der Waals surface area (Å²) in [5.74, 6) is 2.53. The van der Waals surface area contributed by atoms with Gasteiger partial charge in [0.1, 0.15) is 0 Å². The summed E-state index contributed by atoms with van der Waals surface area (Å²) in [6, 6.07) is 9.70. The van der Waals surface area contributed by atoms with Gasteiger partial charge in [-0.2, -0.15) is 0 Å². The van der Waals surface area contributed by atoms with Crippen molar-refractivity contribution >= 4 is 11.6 Å². The van der Waals surface area contributed by atoms with E-state index in [4.69, 9.17) is 6.42 Å². The largest absolute Gasteiger partial charge is 0.376 e. The second-order valence-corrected chi connectivity index (χ2v) is 3.80. The van der Waals surface area contributed by atoms with Crippen molar-refractivity contribution in [3.05, 3.63) is 30.3 Å². The first kappa shape index (κ1) is 13.1. The van der Waals surface area contributed by atoms with Crippen LogP contribution in [0.2, 0.25) is 0 Å². The smallest absolute Gasteiger partial charge is 0.239 e. The summed E-state index contributed by atoms with van der Waals surface area (Å²) in [4.78, 5) is 11.6. The van der Waals surface area contributed by atoms with Crippen molar-refractivity contribution in [3.8, 4) is 12.3 Å². The summed E-state index contributed by atoms with van der Waals surface area (Å²) in [5, 5.41) is 5.95. The summed E-state index contributed by atoms with van der Waals surface area (Å²) < 4.78 is 0. The second-order valence-electron chi connectivity index (χ2n) is 3.80. The third-order valence-electron chi connectivity index (χ3n) is 2.45. The number of benzene rings is 1. The Labute approximate surface area is 103 Å². The number of hydrogen-bond acceptors (Lipinski definition) is 2. The van der Waals surface area contributed by atoms with Crippen LogP contribution >= 0.6 is 0 Å². The number of carbonyl (C=O) groups excluding carboxylic acids is 1. The number of nitrogens with one attached hydrogen (secondary N) is 2. The maximum atomic E-state index is 11.6. The van der Waals surface area contributed by atoms with Crippen molar-refractivity contribution in [3.63, 3.8) is 0 Å². The molecule has 0 aliphatic rings. The Morgan fingerprint density at radius 3 is 2.71 bits per heavy atom. The first-order valence-corrected chi connectivity index (χ1v) is 5.78. The van der Waals surface area contributed by atoms with Crippen LogP contribution in [-0.2, 0) is 4.79 Å². The SMILES string of the molecule is C#CCC(CC)NC(=O)CNc1ccccc1. The zero-order valence-corrected chi connectivity index (χ0v) is 10.1. The van der Waals surface area contributed by atoms with E-state index in [9.17, 15) is 4.79 Å². The van der Waals surface area contributed by atoms with E-state index < -0.39 is 0 Å². The summed E-state index contributed by atoms with van der Waals surface area (Å²) in [6.07, 6.45) is 6.65. The lowest BCUT2D eigenvalue weighted by Crippen LogP contribution is -2.37. The lowest BCUT2D eigenvalue weighted by atomic mass is 10.1. The molecule has 0 saturated heterocycles. The molecule has 1 unspecified atom stereocenters. The van der Waals surface area contributed by atoms with Gasteiger partial charge < -0.3 is 10.6 Å². The Bertz CT molecular complexity index is 381. The van der Waals surface area contributed by atoms with Gasteiger partial charge in [-0.1, -0.05) is 25.1 Å². The van der Waals surface area contributed by atoms with Crippen molar-refractivity contribution < 1.29 is 4.79 Å². The molecule has 90 valence electrons. The number of para-hydroxylation sites is 1. The number of hydrogen-bond donors (Lipinski definition) is 2. The third kappa shape index (κ3) is 5.07. The van der Waals surface area contributed by atoms with E-state index in [-0.39, 0.29) is 18.5 Å². The van der Waals surface area contributed by atoms with Gasteiger partial charge in [-0.15, -0.1) is 12.3 Å². The average Bonchev–Trinajstić information content (AvgIpc) is 2.37. The molecule has 0 aromatic heterocycles. The van der Waals surface area contributed by atoms with Gasteiger partial charge in [0.15, 0.2) is 0 Å². The van der Waals surface area contributed by atoms with Gasteiger partial charge in [0.05, 0.1) is 6.54 Å². The van der Waals surface area contributed by atoms with Gasteiger partial charge in [-0.3, -0.25) is 4.79 Å². The van der Waals surface area contributed by atoms with Gasteiger partial charge in [0.2, 0.25) is 5.91 Å². The molecular weight excluding hydrogens is 212 g/mol. The van der Waals surface area contributed by atoms with Crippen LogP contribution in [-0.4, -0.2) is 18.5 Å². The van der Waals surface area contributed by atoms with E-state index >= 15 is 0 Å². The summed E-state index contributed by atoms with van der Waals surface area (Å²) >= 11 is 0. The van der Waals surface area contributed by atoms with E-state index in [2.05, 4.69) is 16.6 Å². The number of rotatable bonds is 6.